The average Bonchev–Trinajstić information content (AvgIpc) is 3.20. The molecule has 2 aromatic heterocycles. The predicted octanol–water partition coefficient (Wildman–Crippen LogP) is 4.85. The van der Waals surface area contributed by atoms with E-state index in [9.17, 15) is 15.0 Å². The Balaban J connectivity index is 0.829. The number of piperidine rings is 1. The summed E-state index contributed by atoms with van der Waals surface area (Å²) in [4.78, 5) is 26.4. The van der Waals surface area contributed by atoms with E-state index < -0.39 is 5.97 Å². The molecule has 10 nitrogen and oxygen atoms in total. The second kappa shape index (κ2) is 10.4. The zero-order chi connectivity index (χ0) is 31.2. The summed E-state index contributed by atoms with van der Waals surface area (Å²) in [5, 5.41) is 28.2. The third-order valence-electron chi connectivity index (χ3n) is 13.1. The minimum atomic E-state index is -0.608. The van der Waals surface area contributed by atoms with Crippen molar-refractivity contribution in [2.75, 3.05) is 36.8 Å². The van der Waals surface area contributed by atoms with Gasteiger partial charge in [0.1, 0.15) is 11.6 Å². The van der Waals surface area contributed by atoms with Crippen LogP contribution >= 0.6 is 0 Å². The lowest BCUT2D eigenvalue weighted by molar-refractivity contribution is -0.160. The summed E-state index contributed by atoms with van der Waals surface area (Å²) in [6.07, 6.45) is 14.2. The van der Waals surface area contributed by atoms with Gasteiger partial charge in [0.05, 0.1) is 17.3 Å². The number of phenolic OH excluding ortho intramolecular Hbond substituents is 1. The maximum Gasteiger partial charge on any atom is 0.306 e. The van der Waals surface area contributed by atoms with Gasteiger partial charge in [-0.2, -0.15) is 0 Å². The number of anilines is 2. The van der Waals surface area contributed by atoms with Crippen LogP contribution in [0.4, 0.5) is 11.5 Å². The molecule has 0 amide bonds. The highest BCUT2D eigenvalue weighted by Crippen LogP contribution is 2.64. The first kappa shape index (κ1) is 28.4. The number of phenols is 1. The van der Waals surface area contributed by atoms with E-state index >= 15 is 0 Å². The van der Waals surface area contributed by atoms with Crippen molar-refractivity contribution >= 4 is 17.5 Å². The van der Waals surface area contributed by atoms with Crippen LogP contribution in [0, 0.1) is 29.1 Å². The molecule has 4 atom stereocenters. The number of rotatable bonds is 6. The number of carbonyl (C=O) groups is 1. The molecule has 4 unspecified atom stereocenters. The number of likely N-dealkylation sites (tertiary alicyclic amines) is 1. The number of hydrogen-bond acceptors (Lipinski definition) is 9. The molecule has 4 saturated carbocycles. The number of benzene rings is 1. The molecule has 6 fully saturated rings. The maximum atomic E-state index is 11.2. The highest BCUT2D eigenvalue weighted by molar-refractivity contribution is 5.74. The van der Waals surface area contributed by atoms with Gasteiger partial charge in [0.15, 0.2) is 5.82 Å². The van der Waals surface area contributed by atoms with E-state index in [1.165, 1.54) is 24.8 Å². The quantitative estimate of drug-likeness (QED) is 0.350. The molecule has 9 rings (SSSR count). The van der Waals surface area contributed by atoms with Gasteiger partial charge in [0.25, 0.3) is 0 Å². The van der Waals surface area contributed by atoms with Crippen molar-refractivity contribution in [2.45, 2.75) is 75.2 Å². The summed E-state index contributed by atoms with van der Waals surface area (Å²) in [5.74, 6) is 3.21. The summed E-state index contributed by atoms with van der Waals surface area (Å²) in [6, 6.07) is 9.86. The van der Waals surface area contributed by atoms with Gasteiger partial charge in [-0.3, -0.25) is 4.79 Å². The molecule has 6 aliphatic rings. The van der Waals surface area contributed by atoms with Gasteiger partial charge >= 0.3 is 5.97 Å². The smallest absolute Gasteiger partial charge is 0.306 e. The van der Waals surface area contributed by atoms with Gasteiger partial charge in [-0.1, -0.05) is 12.1 Å². The first-order valence-corrected chi connectivity index (χ1v) is 17.2. The fourth-order valence-corrected chi connectivity index (χ4v) is 10.8. The molecule has 46 heavy (non-hydrogen) atoms. The van der Waals surface area contributed by atoms with Crippen LogP contribution in [0.15, 0.2) is 42.7 Å². The second-order valence-corrected chi connectivity index (χ2v) is 15.6. The van der Waals surface area contributed by atoms with Crippen LogP contribution in [0.5, 0.6) is 5.75 Å². The van der Waals surface area contributed by atoms with E-state index in [1.54, 1.807) is 12.1 Å². The van der Waals surface area contributed by atoms with Crippen LogP contribution in [0.1, 0.15) is 75.1 Å². The standard InChI is InChI=1S/C36H43N7O3/c37-32-30(10-29(40-41-32)27-3-1-2-4-31(27)44)43-19-21-9-28-24(20-43)14-36(28,11-21)34-38-17-25(18-39-34)22-5-7-42(8-6-22)26-15-35(16-26)12-23(13-35)33(45)46/h1-4,10,17-18,21-24,26,28,44H,5-9,11-16,19-20H2,(H2,37,41)(H,45,46). The highest BCUT2D eigenvalue weighted by atomic mass is 16.4. The normalized spacial score (nSPS) is 35.2. The van der Waals surface area contributed by atoms with Gasteiger partial charge in [0.2, 0.25) is 0 Å². The first-order chi connectivity index (χ1) is 22.3. The number of aliphatic carboxylic acids is 1. The van der Waals surface area contributed by atoms with E-state index in [0.717, 1.165) is 76.2 Å². The molecule has 4 heterocycles. The molecular weight excluding hydrogens is 578 g/mol. The van der Waals surface area contributed by atoms with E-state index in [-0.39, 0.29) is 17.1 Å². The number of nitrogen functional groups attached to an aromatic ring is 1. The summed E-state index contributed by atoms with van der Waals surface area (Å²) in [7, 11) is 0. The van der Waals surface area contributed by atoms with E-state index in [2.05, 4.69) is 32.4 Å². The number of para-hydroxylation sites is 1. The number of aromatic hydroxyl groups is 1. The number of carboxylic acids is 1. The zero-order valence-electron chi connectivity index (χ0n) is 26.3. The Morgan fingerprint density at radius 3 is 2.46 bits per heavy atom. The largest absolute Gasteiger partial charge is 0.507 e. The summed E-state index contributed by atoms with van der Waals surface area (Å²) in [6.45, 7) is 4.11. The van der Waals surface area contributed by atoms with E-state index in [4.69, 9.17) is 15.7 Å². The van der Waals surface area contributed by atoms with Crippen molar-refractivity contribution in [3.8, 4) is 17.0 Å². The molecule has 240 valence electrons. The molecule has 4 N–H and O–H groups in total. The third-order valence-corrected chi connectivity index (χ3v) is 13.1. The average molecular weight is 622 g/mol. The molecular formula is C36H43N7O3. The van der Waals surface area contributed by atoms with Crippen molar-refractivity contribution in [2.24, 2.45) is 29.1 Å². The molecule has 2 bridgehead atoms. The van der Waals surface area contributed by atoms with Crippen LogP contribution in [-0.2, 0) is 10.2 Å². The highest BCUT2D eigenvalue weighted by Gasteiger charge is 2.63. The lowest BCUT2D eigenvalue weighted by atomic mass is 9.49. The Hall–Kier alpha value is -3.79. The van der Waals surface area contributed by atoms with Gasteiger partial charge in [-0.25, -0.2) is 9.97 Å². The Morgan fingerprint density at radius 2 is 1.72 bits per heavy atom. The van der Waals surface area contributed by atoms with Gasteiger partial charge in [-0.05, 0) is 124 Å². The maximum absolute atomic E-state index is 11.2. The van der Waals surface area contributed by atoms with E-state index in [0.29, 0.717) is 52.2 Å². The van der Waals surface area contributed by atoms with Crippen molar-refractivity contribution in [1.29, 1.82) is 0 Å². The molecule has 2 aliphatic heterocycles. The number of hydrogen-bond donors (Lipinski definition) is 3. The second-order valence-electron chi connectivity index (χ2n) is 15.6. The lowest BCUT2D eigenvalue weighted by Gasteiger charge is -2.59. The van der Waals surface area contributed by atoms with Gasteiger partial charge in [0, 0.05) is 42.5 Å². The summed E-state index contributed by atoms with van der Waals surface area (Å²) < 4.78 is 0. The van der Waals surface area contributed by atoms with Crippen LogP contribution in [0.2, 0.25) is 0 Å². The Labute approximate surface area is 269 Å². The van der Waals surface area contributed by atoms with Gasteiger partial charge < -0.3 is 25.7 Å². The monoisotopic (exact) mass is 621 g/mol. The zero-order valence-corrected chi connectivity index (χ0v) is 26.3. The molecule has 2 saturated heterocycles. The minimum absolute atomic E-state index is 0.0995. The van der Waals surface area contributed by atoms with Crippen LogP contribution in [0.25, 0.3) is 11.3 Å². The van der Waals surface area contributed by atoms with Crippen molar-refractivity contribution in [3.05, 3.63) is 54.1 Å². The third kappa shape index (κ3) is 4.42. The summed E-state index contributed by atoms with van der Waals surface area (Å²) in [5.41, 5.74) is 10.3. The van der Waals surface area contributed by atoms with Crippen LogP contribution in [-0.4, -0.2) is 73.5 Å². The number of nitrogens with zero attached hydrogens (tertiary/aromatic N) is 6. The topological polar surface area (TPSA) is 142 Å². The first-order valence-electron chi connectivity index (χ1n) is 17.2. The molecule has 1 aromatic carbocycles. The van der Waals surface area contributed by atoms with Gasteiger partial charge in [-0.15, -0.1) is 10.2 Å². The van der Waals surface area contributed by atoms with E-state index in [1.807, 2.05) is 18.2 Å². The number of nitrogens with two attached hydrogens (primary N) is 1. The number of carboxylic acid groups (broad SMARTS) is 1. The Bertz CT molecular complexity index is 1660. The predicted molar refractivity (Wildman–Crippen MR) is 173 cm³/mol. The molecule has 1 spiro atoms. The van der Waals surface area contributed by atoms with Crippen molar-refractivity contribution in [1.82, 2.24) is 25.1 Å². The Morgan fingerprint density at radius 1 is 0.957 bits per heavy atom. The Kier molecular flexibility index (Phi) is 6.40. The number of aromatic nitrogens is 4. The van der Waals surface area contributed by atoms with Crippen LogP contribution in [0.3, 0.4) is 0 Å². The number of fused-ring (bicyclic) bond motifs is 1. The lowest BCUT2D eigenvalue weighted by Crippen LogP contribution is -2.58. The summed E-state index contributed by atoms with van der Waals surface area (Å²) >= 11 is 0. The van der Waals surface area contributed by atoms with Crippen molar-refractivity contribution < 1.29 is 15.0 Å². The van der Waals surface area contributed by atoms with Crippen molar-refractivity contribution in [3.63, 3.8) is 0 Å². The van der Waals surface area contributed by atoms with Crippen LogP contribution < -0.4 is 10.6 Å². The molecule has 3 aromatic rings. The fraction of sp³-hybridized carbons (Fsp3) is 0.583. The fourth-order valence-electron chi connectivity index (χ4n) is 10.8. The SMILES string of the molecule is Nc1nnc(-c2ccccc2O)cc1N1CC2CC3C(C1)CC3(c1ncc(C3CCN(C4CC5(CC(C(=O)O)C5)C4)CC3)cn1)C2. The molecule has 10 heteroatoms. The minimum Gasteiger partial charge on any atom is -0.507 e. The molecule has 0 radical (unpaired) electrons. The molecule has 4 aliphatic carbocycles.